The highest BCUT2D eigenvalue weighted by Crippen LogP contribution is 2.59. The van der Waals surface area contributed by atoms with E-state index in [9.17, 15) is 14.7 Å². The molecule has 4 saturated carbocycles. The molecule has 146 valence electrons. The molecule has 5 rings (SSSR count). The number of hydrogen-bond donors (Lipinski definition) is 1. The summed E-state index contributed by atoms with van der Waals surface area (Å²) < 4.78 is 0. The first-order chi connectivity index (χ1) is 13.0. The normalized spacial score (nSPS) is 32.6. The predicted molar refractivity (Wildman–Crippen MR) is 104 cm³/mol. The fourth-order valence-corrected chi connectivity index (χ4v) is 6.10. The van der Waals surface area contributed by atoms with Crippen molar-refractivity contribution in [2.24, 2.45) is 23.2 Å². The molecule has 0 spiro atoms. The van der Waals surface area contributed by atoms with Gasteiger partial charge in [-0.15, -0.1) is 0 Å². The molecule has 0 unspecified atom stereocenters. The van der Waals surface area contributed by atoms with Crippen LogP contribution in [0.3, 0.4) is 0 Å². The van der Waals surface area contributed by atoms with Gasteiger partial charge in [0.25, 0.3) is 0 Å². The van der Waals surface area contributed by atoms with Crippen molar-refractivity contribution in [3.63, 3.8) is 0 Å². The van der Waals surface area contributed by atoms with E-state index in [1.807, 2.05) is 24.0 Å². The molecular formula is C23H31NO3. The summed E-state index contributed by atoms with van der Waals surface area (Å²) in [5.41, 5.74) is 1.93. The maximum atomic E-state index is 13.9. The average Bonchev–Trinajstić information content (AvgIpc) is 2.66. The lowest BCUT2D eigenvalue weighted by Gasteiger charge is -2.56. The molecule has 4 nitrogen and oxygen atoms in total. The van der Waals surface area contributed by atoms with E-state index in [2.05, 4.69) is 19.1 Å². The minimum absolute atomic E-state index is 0.0145. The second-order valence-electron chi connectivity index (χ2n) is 9.13. The van der Waals surface area contributed by atoms with Crippen LogP contribution in [0.1, 0.15) is 56.6 Å². The number of nitrogens with zero attached hydrogens (tertiary/aromatic N) is 1. The van der Waals surface area contributed by atoms with Crippen molar-refractivity contribution >= 4 is 11.7 Å². The smallest absolute Gasteiger partial charge is 0.229 e. The first-order valence-corrected chi connectivity index (χ1v) is 10.5. The zero-order valence-corrected chi connectivity index (χ0v) is 16.5. The van der Waals surface area contributed by atoms with Gasteiger partial charge in [-0.3, -0.25) is 9.59 Å². The zero-order valence-electron chi connectivity index (χ0n) is 16.5. The Morgan fingerprint density at radius 1 is 1.22 bits per heavy atom. The molecule has 1 N–H and O–H groups in total. The molecule has 0 heterocycles. The molecule has 1 amide bonds. The fourth-order valence-electron chi connectivity index (χ4n) is 6.10. The van der Waals surface area contributed by atoms with E-state index in [0.29, 0.717) is 18.2 Å². The number of Topliss-reactive ketones (excluding diaryl/α,β-unsaturated/α-hetero) is 1. The zero-order chi connectivity index (χ0) is 19.2. The second kappa shape index (κ2) is 7.05. The van der Waals surface area contributed by atoms with Gasteiger partial charge in [-0.2, -0.15) is 0 Å². The van der Waals surface area contributed by atoms with Crippen molar-refractivity contribution in [2.75, 3.05) is 6.61 Å². The molecule has 0 saturated heterocycles. The van der Waals surface area contributed by atoms with E-state index in [1.165, 1.54) is 5.56 Å². The maximum Gasteiger partial charge on any atom is 0.229 e. The standard InChI is InChI=1S/C23H31NO3/c1-3-20(14-25)24(13-17-7-5-4-6-15(17)2)22(27)23-10-16-8-18(11-23)21(26)19(9-16)12-23/h4-7,16,18-20,25H,3,8-14H2,1-2H3/t16?,18-,19-,20-,23?/m0/s1. The molecule has 3 atom stereocenters. The summed E-state index contributed by atoms with van der Waals surface area (Å²) in [6.07, 6.45) is 5.09. The number of amides is 1. The number of hydrogen-bond acceptors (Lipinski definition) is 3. The summed E-state index contributed by atoms with van der Waals surface area (Å²) in [4.78, 5) is 28.3. The van der Waals surface area contributed by atoms with Gasteiger partial charge >= 0.3 is 0 Å². The van der Waals surface area contributed by atoms with E-state index in [1.54, 1.807) is 0 Å². The average molecular weight is 370 g/mol. The molecule has 1 aromatic rings. The predicted octanol–water partition coefficient (Wildman–Crippen LogP) is 3.49. The SMILES string of the molecule is CC[C@@H](CO)N(Cc1ccccc1C)C(=O)C12CC3C[C@@H](C1)C(=O)[C@@H](C3)C2. The quantitative estimate of drug-likeness (QED) is 0.835. The highest BCUT2D eigenvalue weighted by molar-refractivity contribution is 5.91. The van der Waals surface area contributed by atoms with Gasteiger partial charge < -0.3 is 10.0 Å². The Balaban J connectivity index is 1.65. The van der Waals surface area contributed by atoms with Crippen molar-refractivity contribution in [3.8, 4) is 0 Å². The van der Waals surface area contributed by atoms with Crippen molar-refractivity contribution < 1.29 is 14.7 Å². The highest BCUT2D eigenvalue weighted by Gasteiger charge is 2.59. The molecule has 4 bridgehead atoms. The first kappa shape index (κ1) is 18.7. The van der Waals surface area contributed by atoms with E-state index >= 15 is 0 Å². The van der Waals surface area contributed by atoms with Gasteiger partial charge in [-0.1, -0.05) is 31.2 Å². The van der Waals surface area contributed by atoms with Crippen LogP contribution >= 0.6 is 0 Å². The third-order valence-corrected chi connectivity index (χ3v) is 7.43. The van der Waals surface area contributed by atoms with Gasteiger partial charge in [-0.05, 0) is 62.5 Å². The Bertz CT molecular complexity index is 721. The van der Waals surface area contributed by atoms with Gasteiger partial charge in [0, 0.05) is 18.4 Å². The lowest BCUT2D eigenvalue weighted by Crippen LogP contribution is -2.59. The van der Waals surface area contributed by atoms with Crippen LogP contribution in [-0.2, 0) is 16.1 Å². The van der Waals surface area contributed by atoms with Gasteiger partial charge in [0.1, 0.15) is 5.78 Å². The highest BCUT2D eigenvalue weighted by atomic mass is 16.3. The van der Waals surface area contributed by atoms with Crippen LogP contribution in [0.4, 0.5) is 0 Å². The number of aliphatic hydroxyl groups is 1. The molecule has 0 aliphatic heterocycles. The summed E-state index contributed by atoms with van der Waals surface area (Å²) >= 11 is 0. The third-order valence-electron chi connectivity index (χ3n) is 7.43. The number of benzene rings is 1. The molecule has 0 radical (unpaired) electrons. The van der Waals surface area contributed by atoms with Crippen LogP contribution < -0.4 is 0 Å². The largest absolute Gasteiger partial charge is 0.394 e. The lowest BCUT2D eigenvalue weighted by molar-refractivity contribution is -0.167. The Hall–Kier alpha value is -1.68. The van der Waals surface area contributed by atoms with Crippen LogP contribution in [0.15, 0.2) is 24.3 Å². The number of aryl methyl sites for hydroxylation is 1. The fraction of sp³-hybridized carbons (Fsp3) is 0.652. The number of ketones is 1. The number of aliphatic hydroxyl groups excluding tert-OH is 1. The van der Waals surface area contributed by atoms with Crippen LogP contribution in [0, 0.1) is 30.1 Å². The minimum atomic E-state index is -0.379. The van der Waals surface area contributed by atoms with E-state index in [-0.39, 0.29) is 35.8 Å². The van der Waals surface area contributed by atoms with Crippen molar-refractivity contribution in [2.45, 2.75) is 65.0 Å². The first-order valence-electron chi connectivity index (χ1n) is 10.5. The molecule has 4 aliphatic rings. The van der Waals surface area contributed by atoms with E-state index in [0.717, 1.165) is 44.1 Å². The Kier molecular flexibility index (Phi) is 4.87. The molecule has 4 fully saturated rings. The van der Waals surface area contributed by atoms with Crippen molar-refractivity contribution in [1.29, 1.82) is 0 Å². The summed E-state index contributed by atoms with van der Waals surface area (Å²) in [6, 6.07) is 8.00. The number of carbonyl (C=O) groups is 2. The molecule has 1 aromatic carbocycles. The summed E-state index contributed by atoms with van der Waals surface area (Å²) in [6.45, 7) is 4.63. The maximum absolute atomic E-state index is 13.9. The van der Waals surface area contributed by atoms with Gasteiger partial charge in [-0.25, -0.2) is 0 Å². The van der Waals surface area contributed by atoms with E-state index in [4.69, 9.17) is 0 Å². The summed E-state index contributed by atoms with van der Waals surface area (Å²) in [5.74, 6) is 1.30. The van der Waals surface area contributed by atoms with Crippen LogP contribution in [0.5, 0.6) is 0 Å². The Morgan fingerprint density at radius 3 is 2.48 bits per heavy atom. The number of rotatable bonds is 6. The third kappa shape index (κ3) is 3.12. The Labute approximate surface area is 161 Å². The van der Waals surface area contributed by atoms with Gasteiger partial charge in [0.15, 0.2) is 0 Å². The monoisotopic (exact) mass is 369 g/mol. The van der Waals surface area contributed by atoms with Gasteiger partial charge in [0.05, 0.1) is 18.1 Å². The second-order valence-corrected chi connectivity index (χ2v) is 9.13. The molecule has 4 aliphatic carbocycles. The van der Waals surface area contributed by atoms with Crippen LogP contribution in [-0.4, -0.2) is 34.3 Å². The van der Waals surface area contributed by atoms with Crippen molar-refractivity contribution in [3.05, 3.63) is 35.4 Å². The van der Waals surface area contributed by atoms with Crippen LogP contribution in [0.25, 0.3) is 0 Å². The molecule has 27 heavy (non-hydrogen) atoms. The molecule has 0 aromatic heterocycles. The Morgan fingerprint density at radius 2 is 1.89 bits per heavy atom. The number of carbonyl (C=O) groups excluding carboxylic acids is 2. The lowest BCUT2D eigenvalue weighted by atomic mass is 9.48. The topological polar surface area (TPSA) is 57.6 Å². The van der Waals surface area contributed by atoms with E-state index < -0.39 is 0 Å². The molecule has 4 heteroatoms. The molecular weight excluding hydrogens is 338 g/mol. The summed E-state index contributed by atoms with van der Waals surface area (Å²) in [7, 11) is 0. The van der Waals surface area contributed by atoms with Crippen molar-refractivity contribution in [1.82, 2.24) is 4.90 Å². The summed E-state index contributed by atoms with van der Waals surface area (Å²) in [5, 5.41) is 9.97. The van der Waals surface area contributed by atoms with Crippen LogP contribution in [0.2, 0.25) is 0 Å². The van der Waals surface area contributed by atoms with Gasteiger partial charge in [0.2, 0.25) is 5.91 Å². The minimum Gasteiger partial charge on any atom is -0.394 e.